The van der Waals surface area contributed by atoms with Crippen LogP contribution in [0.15, 0.2) is 0 Å². The molecule has 0 atom stereocenters. The van der Waals surface area contributed by atoms with Gasteiger partial charge in [-0.05, 0) is 36.6 Å². The lowest BCUT2D eigenvalue weighted by atomic mass is 10.4. The highest BCUT2D eigenvalue weighted by Gasteiger charge is 1.83. The maximum Gasteiger partial charge on any atom is 0.0586 e. The lowest BCUT2D eigenvalue weighted by molar-refractivity contribution is 0.735. The van der Waals surface area contributed by atoms with E-state index < -0.39 is 0 Å². The van der Waals surface area contributed by atoms with Crippen LogP contribution in [0.3, 0.4) is 0 Å². The average molecular weight is 187 g/mol. The molecule has 2 radical (unpaired) electrons. The van der Waals surface area contributed by atoms with Crippen molar-refractivity contribution in [3.63, 3.8) is 0 Å². The molecule has 1 nitrogen and oxygen atoms in total. The Morgan fingerprint density at radius 2 is 2.15 bits per heavy atom. The molecule has 0 aliphatic heterocycles. The van der Waals surface area contributed by atoms with Gasteiger partial charge >= 0.3 is 0 Å². The monoisotopic (exact) mass is 187 g/mol. The SMILES string of the molecule is C#CC#CC#CCNCCC[Si]C. The summed E-state index contributed by atoms with van der Waals surface area (Å²) >= 11 is 0. The van der Waals surface area contributed by atoms with E-state index in [0.29, 0.717) is 6.54 Å². The minimum absolute atomic E-state index is 0.700. The summed E-state index contributed by atoms with van der Waals surface area (Å²) in [6.07, 6.45) is 6.15. The molecule has 0 rings (SSSR count). The first-order chi connectivity index (χ1) is 6.41. The van der Waals surface area contributed by atoms with Crippen LogP contribution in [0.25, 0.3) is 0 Å². The van der Waals surface area contributed by atoms with Crippen LogP contribution in [0.5, 0.6) is 0 Å². The zero-order chi connectivity index (χ0) is 9.78. The second kappa shape index (κ2) is 10.9. The van der Waals surface area contributed by atoms with Gasteiger partial charge in [-0.1, -0.05) is 18.5 Å². The van der Waals surface area contributed by atoms with Crippen molar-refractivity contribution in [2.45, 2.75) is 19.0 Å². The summed E-state index contributed by atoms with van der Waals surface area (Å²) in [4.78, 5) is 0. The minimum Gasteiger partial charge on any atom is -0.306 e. The van der Waals surface area contributed by atoms with Gasteiger partial charge in [0, 0.05) is 9.52 Å². The quantitative estimate of drug-likeness (QED) is 0.381. The highest BCUT2D eigenvalue weighted by Crippen LogP contribution is 1.83. The first kappa shape index (κ1) is 11.9. The van der Waals surface area contributed by atoms with E-state index in [9.17, 15) is 0 Å². The Kier molecular flexibility index (Phi) is 9.90. The molecule has 66 valence electrons. The normalized spacial score (nSPS) is 7.38. The van der Waals surface area contributed by atoms with Gasteiger partial charge in [-0.3, -0.25) is 0 Å². The van der Waals surface area contributed by atoms with E-state index in [4.69, 9.17) is 6.42 Å². The number of nitrogens with one attached hydrogen (secondary N) is 1. The van der Waals surface area contributed by atoms with Crippen molar-refractivity contribution < 1.29 is 0 Å². The Morgan fingerprint density at radius 1 is 1.31 bits per heavy atom. The first-order valence-electron chi connectivity index (χ1n) is 4.20. The fraction of sp³-hybridized carbons (Fsp3) is 0.455. The van der Waals surface area contributed by atoms with E-state index in [1.54, 1.807) is 0 Å². The summed E-state index contributed by atoms with van der Waals surface area (Å²) in [6.45, 7) is 3.96. The van der Waals surface area contributed by atoms with Crippen LogP contribution in [0, 0.1) is 36.0 Å². The number of hydrogen-bond acceptors (Lipinski definition) is 1. The molecule has 0 aliphatic rings. The van der Waals surface area contributed by atoms with E-state index in [1.807, 2.05) is 0 Å². The molecule has 0 aliphatic carbocycles. The molecule has 0 unspecified atom stereocenters. The Labute approximate surface area is 83.5 Å². The summed E-state index contributed by atoms with van der Waals surface area (Å²) in [5, 5.41) is 3.21. The Bertz CT molecular complexity index is 266. The summed E-state index contributed by atoms with van der Waals surface area (Å²) in [6, 6.07) is 1.30. The van der Waals surface area contributed by atoms with Crippen LogP contribution >= 0.6 is 0 Å². The van der Waals surface area contributed by atoms with Crippen molar-refractivity contribution >= 4 is 9.52 Å². The van der Waals surface area contributed by atoms with Crippen LogP contribution in [0.2, 0.25) is 12.6 Å². The van der Waals surface area contributed by atoms with Crippen molar-refractivity contribution in [3.8, 4) is 36.0 Å². The van der Waals surface area contributed by atoms with E-state index in [1.165, 1.54) is 12.5 Å². The molecule has 13 heavy (non-hydrogen) atoms. The third-order valence-electron chi connectivity index (χ3n) is 1.28. The largest absolute Gasteiger partial charge is 0.306 e. The maximum atomic E-state index is 4.92. The van der Waals surface area contributed by atoms with Crippen LogP contribution in [-0.2, 0) is 0 Å². The van der Waals surface area contributed by atoms with Gasteiger partial charge in [-0.25, -0.2) is 0 Å². The summed E-state index contributed by atoms with van der Waals surface area (Å²) in [5.41, 5.74) is 0. The Morgan fingerprint density at radius 3 is 2.85 bits per heavy atom. The van der Waals surface area contributed by atoms with Gasteiger partial charge in [0.05, 0.1) is 6.54 Å². The Hall–Kier alpha value is -1.14. The maximum absolute atomic E-state index is 4.92. The van der Waals surface area contributed by atoms with Gasteiger partial charge in [0.1, 0.15) is 0 Å². The molecule has 2 heteroatoms. The molecular formula is C11H13NSi. The topological polar surface area (TPSA) is 12.0 Å². The van der Waals surface area contributed by atoms with E-state index >= 15 is 0 Å². The Balaban J connectivity index is 3.24. The van der Waals surface area contributed by atoms with Crippen molar-refractivity contribution in [2.24, 2.45) is 0 Å². The summed E-state index contributed by atoms with van der Waals surface area (Å²) in [5.74, 6) is 12.7. The van der Waals surface area contributed by atoms with Crippen LogP contribution in [-0.4, -0.2) is 22.6 Å². The molecule has 0 amide bonds. The molecule has 0 bridgehead atoms. The van der Waals surface area contributed by atoms with Gasteiger partial charge in [0.25, 0.3) is 0 Å². The fourth-order valence-electron chi connectivity index (χ4n) is 0.697. The number of rotatable bonds is 5. The molecule has 0 aromatic heterocycles. The van der Waals surface area contributed by atoms with Crippen molar-refractivity contribution in [1.82, 2.24) is 5.32 Å². The highest BCUT2D eigenvalue weighted by atomic mass is 28.2. The summed E-state index contributed by atoms with van der Waals surface area (Å²) in [7, 11) is 1.05. The van der Waals surface area contributed by atoms with Crippen molar-refractivity contribution in [2.75, 3.05) is 13.1 Å². The number of terminal acetylenes is 1. The zero-order valence-electron chi connectivity index (χ0n) is 7.91. The van der Waals surface area contributed by atoms with Gasteiger partial charge < -0.3 is 5.32 Å². The van der Waals surface area contributed by atoms with Crippen LogP contribution < -0.4 is 5.32 Å². The van der Waals surface area contributed by atoms with Crippen molar-refractivity contribution in [3.05, 3.63) is 0 Å². The lowest BCUT2D eigenvalue weighted by Gasteiger charge is -1.96. The van der Waals surface area contributed by atoms with Crippen LogP contribution in [0.1, 0.15) is 6.42 Å². The lowest BCUT2D eigenvalue weighted by Crippen LogP contribution is -2.15. The van der Waals surface area contributed by atoms with E-state index in [0.717, 1.165) is 16.1 Å². The molecule has 0 spiro atoms. The standard InChI is InChI=1S/C11H13NSi/c1-3-4-5-6-7-9-12-10-8-11-13-2/h1,12H,8-11H2,2H3. The molecule has 0 heterocycles. The molecule has 0 saturated heterocycles. The minimum atomic E-state index is 0.700. The summed E-state index contributed by atoms with van der Waals surface area (Å²) < 4.78 is 0. The van der Waals surface area contributed by atoms with Crippen LogP contribution in [0.4, 0.5) is 0 Å². The molecular weight excluding hydrogens is 174 g/mol. The van der Waals surface area contributed by atoms with Gasteiger partial charge in [0.15, 0.2) is 0 Å². The molecule has 0 aromatic rings. The van der Waals surface area contributed by atoms with Gasteiger partial charge in [-0.2, -0.15) is 0 Å². The smallest absolute Gasteiger partial charge is 0.0586 e. The third-order valence-corrected chi connectivity index (χ3v) is 2.13. The number of hydrogen-bond donors (Lipinski definition) is 1. The molecule has 0 aromatic carbocycles. The van der Waals surface area contributed by atoms with Crippen molar-refractivity contribution in [1.29, 1.82) is 0 Å². The second-order valence-electron chi connectivity index (χ2n) is 2.33. The van der Waals surface area contributed by atoms with E-state index in [2.05, 4.69) is 41.5 Å². The molecule has 1 N–H and O–H groups in total. The fourth-order valence-corrected chi connectivity index (χ4v) is 1.23. The van der Waals surface area contributed by atoms with Gasteiger partial charge in [-0.15, -0.1) is 6.42 Å². The van der Waals surface area contributed by atoms with E-state index in [-0.39, 0.29) is 0 Å². The molecule has 0 fully saturated rings. The average Bonchev–Trinajstić information content (AvgIpc) is 2.16. The zero-order valence-corrected chi connectivity index (χ0v) is 8.91. The first-order valence-corrected chi connectivity index (χ1v) is 5.91. The predicted molar refractivity (Wildman–Crippen MR) is 58.3 cm³/mol. The highest BCUT2D eigenvalue weighted by molar-refractivity contribution is 6.33. The third kappa shape index (κ3) is 10.9. The molecule has 0 saturated carbocycles. The second-order valence-corrected chi connectivity index (χ2v) is 3.54. The van der Waals surface area contributed by atoms with Gasteiger partial charge in [0.2, 0.25) is 0 Å². The predicted octanol–water partition coefficient (Wildman–Crippen LogP) is 0.777.